The number of carbonyl (C=O) groups is 6. The molecule has 1 aliphatic heterocycles. The first-order valence-electron chi connectivity index (χ1n) is 26.6. The Labute approximate surface area is 447 Å². The fraction of sp³-hybridized carbons (Fsp3) is 0.508. The summed E-state index contributed by atoms with van der Waals surface area (Å²) >= 11 is 0. The monoisotopic (exact) mass is 1040 g/mol. The van der Waals surface area contributed by atoms with Crippen molar-refractivity contribution in [3.8, 4) is 45.8 Å². The second kappa shape index (κ2) is 27.0. The van der Waals surface area contributed by atoms with Crippen LogP contribution in [0.5, 0.6) is 17.2 Å². The number of nitriles is 1. The van der Waals surface area contributed by atoms with Crippen LogP contribution in [0.15, 0.2) is 60.7 Å². The summed E-state index contributed by atoms with van der Waals surface area (Å²) < 4.78 is 24.3. The maximum Gasteiger partial charge on any atom is 0.407 e. The lowest BCUT2D eigenvalue weighted by atomic mass is 9.88. The number of aryl methyl sites for hydroxylation is 2. The Hall–Kier alpha value is -7.19. The number of Topliss-reactive ketones (excluding diaryl/α,β-unsaturated/α-hetero) is 3. The van der Waals surface area contributed by atoms with E-state index in [0.717, 1.165) is 37.0 Å². The van der Waals surface area contributed by atoms with Crippen LogP contribution in [0, 0.1) is 37.0 Å². The van der Waals surface area contributed by atoms with E-state index in [2.05, 4.69) is 10.6 Å². The maximum atomic E-state index is 15.0. The molecule has 0 saturated heterocycles. The van der Waals surface area contributed by atoms with Gasteiger partial charge in [-0.25, -0.2) is 14.8 Å². The zero-order valence-electron chi connectivity index (χ0n) is 45.4. The third kappa shape index (κ3) is 15.7. The van der Waals surface area contributed by atoms with E-state index in [4.69, 9.17) is 34.6 Å². The Balaban J connectivity index is 1.35. The number of aromatic nitrogens is 2. The summed E-state index contributed by atoms with van der Waals surface area (Å²) in [6.45, 7) is 12.8. The smallest absolute Gasteiger partial charge is 0.407 e. The van der Waals surface area contributed by atoms with Crippen molar-refractivity contribution in [2.24, 2.45) is 17.6 Å². The van der Waals surface area contributed by atoms with Gasteiger partial charge in [0.1, 0.15) is 35.5 Å². The Morgan fingerprint density at radius 3 is 2.21 bits per heavy atom. The number of likely N-dealkylation sites (N-methyl/N-ethyl adjacent to an activating group) is 1. The minimum absolute atomic E-state index is 0.0263. The van der Waals surface area contributed by atoms with Crippen molar-refractivity contribution < 1.29 is 47.7 Å². The van der Waals surface area contributed by atoms with Crippen LogP contribution in [0.25, 0.3) is 22.5 Å². The summed E-state index contributed by atoms with van der Waals surface area (Å²) in [6, 6.07) is 17.8. The van der Waals surface area contributed by atoms with Crippen LogP contribution in [0.1, 0.15) is 144 Å². The molecule has 17 heteroatoms. The molecule has 76 heavy (non-hydrogen) atoms. The summed E-state index contributed by atoms with van der Waals surface area (Å²) in [5.74, 6) is -2.10. The Morgan fingerprint density at radius 2 is 1.57 bits per heavy atom. The normalized spacial score (nSPS) is 17.5. The molecule has 17 nitrogen and oxygen atoms in total. The number of rotatable bonds is 20. The van der Waals surface area contributed by atoms with Gasteiger partial charge in [0.2, 0.25) is 11.8 Å². The molecule has 1 fully saturated rings. The number of benzene rings is 3. The molecular formula is C59H75N7O10. The first kappa shape index (κ1) is 58.1. The number of carbonyl (C=O) groups excluding carboxylic acids is 6. The van der Waals surface area contributed by atoms with Crippen molar-refractivity contribution in [2.45, 2.75) is 149 Å². The second-order valence-electron chi connectivity index (χ2n) is 20.9. The van der Waals surface area contributed by atoms with Gasteiger partial charge in [0, 0.05) is 61.3 Å². The molecule has 1 saturated carbocycles. The van der Waals surface area contributed by atoms with E-state index in [-0.39, 0.29) is 75.9 Å². The Morgan fingerprint density at radius 1 is 0.908 bits per heavy atom. The van der Waals surface area contributed by atoms with Gasteiger partial charge < -0.3 is 40.2 Å². The molecule has 2 aliphatic rings. The second-order valence-corrected chi connectivity index (χ2v) is 20.9. The lowest BCUT2D eigenvalue weighted by Gasteiger charge is -2.32. The van der Waals surface area contributed by atoms with E-state index in [9.17, 15) is 29.2 Å². The number of hydrogen-bond acceptors (Lipinski definition) is 14. The quantitative estimate of drug-likeness (QED) is 0.0553. The summed E-state index contributed by atoms with van der Waals surface area (Å²) in [6.07, 6.45) is 5.37. The van der Waals surface area contributed by atoms with Gasteiger partial charge >= 0.3 is 6.09 Å². The molecule has 1 aliphatic carbocycles. The van der Waals surface area contributed by atoms with E-state index in [1.165, 1.54) is 18.4 Å². The van der Waals surface area contributed by atoms with Crippen molar-refractivity contribution in [3.05, 3.63) is 88.7 Å². The van der Waals surface area contributed by atoms with Crippen LogP contribution in [0.3, 0.4) is 0 Å². The largest absolute Gasteiger partial charge is 0.493 e. The van der Waals surface area contributed by atoms with Gasteiger partial charge in [0.05, 0.1) is 48.3 Å². The Bertz CT molecular complexity index is 2740. The van der Waals surface area contributed by atoms with E-state index in [0.29, 0.717) is 69.6 Å². The number of alkyl carbamates (subject to hydrolysis) is 1. The van der Waals surface area contributed by atoms with Crippen LogP contribution >= 0.6 is 0 Å². The number of ether oxygens (including phenoxy) is 4. The maximum absolute atomic E-state index is 15.0. The lowest BCUT2D eigenvalue weighted by Crippen LogP contribution is -2.46. The molecule has 4 N–H and O–H groups in total. The van der Waals surface area contributed by atoms with Gasteiger partial charge in [0.25, 0.3) is 0 Å². The predicted molar refractivity (Wildman–Crippen MR) is 288 cm³/mol. The van der Waals surface area contributed by atoms with Crippen LogP contribution in [-0.2, 0) is 30.3 Å². The molecule has 1 aromatic heterocycles. The number of nitrogens with zero attached hydrogens (tertiary/aromatic N) is 4. The van der Waals surface area contributed by atoms with Crippen LogP contribution in [0.4, 0.5) is 4.79 Å². The number of fused-ring (bicyclic) bond motifs is 5. The first-order valence-corrected chi connectivity index (χ1v) is 26.6. The minimum Gasteiger partial charge on any atom is -0.493 e. The topological polar surface area (TPSA) is 242 Å². The molecule has 0 unspecified atom stereocenters. The van der Waals surface area contributed by atoms with Gasteiger partial charge in [-0.1, -0.05) is 32.4 Å². The highest BCUT2D eigenvalue weighted by Gasteiger charge is 2.37. The van der Waals surface area contributed by atoms with Gasteiger partial charge in [0.15, 0.2) is 23.2 Å². The Kier molecular flexibility index (Phi) is 20.7. The van der Waals surface area contributed by atoms with Crippen molar-refractivity contribution in [1.82, 2.24) is 25.5 Å². The third-order valence-electron chi connectivity index (χ3n) is 13.6. The zero-order valence-corrected chi connectivity index (χ0v) is 45.4. The van der Waals surface area contributed by atoms with Crippen molar-refractivity contribution >= 4 is 35.3 Å². The SMILES string of the molecule is CCCOc1ccc2cc1-c1cc(ccc1OCCNC(=O)OC(C)(C)C)C[C@@H](C(=O)CCC#N)NC(=O)[C@H](C)CC(=O)[C@H]2N(C)C(=O)[C@H](CCN)CC(=O)c1c(C)nc(-c2ccc(OC3CCCCC3)cc2)nc1C. The van der Waals surface area contributed by atoms with E-state index < -0.39 is 53.2 Å². The number of nitrogens with two attached hydrogens (primary N) is 1. The summed E-state index contributed by atoms with van der Waals surface area (Å²) in [5.41, 5.74) is 9.47. The molecule has 6 rings (SSSR count). The first-order chi connectivity index (χ1) is 36.3. The molecule has 0 radical (unpaired) electrons. The molecule has 406 valence electrons. The summed E-state index contributed by atoms with van der Waals surface area (Å²) in [5, 5.41) is 14.9. The number of nitrogens with one attached hydrogen (secondary N) is 2. The molecular weight excluding hydrogens is 967 g/mol. The molecule has 0 spiro atoms. The standard InChI is InChI=1S/C59H75N7O10/c1-9-29-73-52-24-20-41-34-46(52)45-32-39(17-23-51(45)74-30-28-62-58(72)76-59(5,6)7)33-47(48(67)16-13-26-60)65-56(70)36(2)31-50(69)54(41)66(8)57(71)42(25-27-61)35-49(68)53-37(3)63-55(64-38(53)4)40-18-21-44(22-19-40)75-43-14-11-10-12-15-43/h17-24,32,34,36,42-43,47,54H,9-16,25,27-31,33,35,61H2,1-8H3,(H,62,72)(H,65,70)/t36-,42-,47+,54+/m1/s1. The minimum atomic E-state index is -1.27. The van der Waals surface area contributed by atoms with Gasteiger partial charge in [-0.3, -0.25) is 24.0 Å². The molecule has 4 bridgehead atoms. The van der Waals surface area contributed by atoms with E-state index in [1.54, 1.807) is 71.9 Å². The summed E-state index contributed by atoms with van der Waals surface area (Å²) in [7, 11) is 1.50. The van der Waals surface area contributed by atoms with Gasteiger partial charge in [-0.15, -0.1) is 0 Å². The van der Waals surface area contributed by atoms with Gasteiger partial charge in [-0.05, 0) is 146 Å². The highest BCUT2D eigenvalue weighted by atomic mass is 16.6. The van der Waals surface area contributed by atoms with Crippen molar-refractivity contribution in [3.63, 3.8) is 0 Å². The lowest BCUT2D eigenvalue weighted by molar-refractivity contribution is -0.142. The molecule has 3 amide bonds. The average Bonchev–Trinajstić information content (AvgIpc) is 3.38. The number of amides is 3. The van der Waals surface area contributed by atoms with Crippen LogP contribution in [-0.4, -0.2) is 101 Å². The fourth-order valence-corrected chi connectivity index (χ4v) is 9.78. The van der Waals surface area contributed by atoms with Crippen LogP contribution < -0.4 is 30.6 Å². The molecule has 4 atom stereocenters. The number of ketones is 3. The highest BCUT2D eigenvalue weighted by Crippen LogP contribution is 2.41. The van der Waals surface area contributed by atoms with Crippen molar-refractivity contribution in [1.29, 1.82) is 5.26 Å². The van der Waals surface area contributed by atoms with Crippen molar-refractivity contribution in [2.75, 3.05) is 33.4 Å². The zero-order chi connectivity index (χ0) is 55.1. The highest BCUT2D eigenvalue weighted by molar-refractivity contribution is 6.01. The molecule has 3 aromatic carbocycles. The fourth-order valence-electron chi connectivity index (χ4n) is 9.78. The summed E-state index contributed by atoms with van der Waals surface area (Å²) in [4.78, 5) is 95.3. The van der Waals surface area contributed by atoms with Gasteiger partial charge in [-0.2, -0.15) is 5.26 Å². The molecule has 4 aromatic rings. The van der Waals surface area contributed by atoms with E-state index >= 15 is 4.79 Å². The third-order valence-corrected chi connectivity index (χ3v) is 13.6. The number of hydrogen-bond donors (Lipinski definition) is 3. The molecule has 2 heterocycles. The average molecular weight is 1040 g/mol. The van der Waals surface area contributed by atoms with Crippen LogP contribution in [0.2, 0.25) is 0 Å². The van der Waals surface area contributed by atoms with E-state index in [1.807, 2.05) is 43.3 Å². The predicted octanol–water partition coefficient (Wildman–Crippen LogP) is 9.08.